The molecule has 0 unspecified atom stereocenters. The summed E-state index contributed by atoms with van der Waals surface area (Å²) in [5.41, 5.74) is 0.370. The number of hydrogen-bond donors (Lipinski definition) is 1. The van der Waals surface area contributed by atoms with Crippen LogP contribution in [0.2, 0.25) is 0 Å². The third-order valence-electron chi connectivity index (χ3n) is 4.17. The van der Waals surface area contributed by atoms with Crippen molar-refractivity contribution in [3.8, 4) is 0 Å². The van der Waals surface area contributed by atoms with Gasteiger partial charge in [0.1, 0.15) is 11.2 Å². The molecule has 0 bridgehead atoms. The molecule has 4 heteroatoms. The summed E-state index contributed by atoms with van der Waals surface area (Å²) in [4.78, 5) is 14.1. The van der Waals surface area contributed by atoms with Crippen LogP contribution in [-0.2, 0) is 10.3 Å². The second-order valence-electron chi connectivity index (χ2n) is 7.35. The smallest absolute Gasteiger partial charge is 0.410 e. The molecule has 1 aromatic carbocycles. The first-order valence-corrected chi connectivity index (χ1v) is 7.90. The van der Waals surface area contributed by atoms with Crippen molar-refractivity contribution in [2.75, 3.05) is 6.54 Å². The molecule has 1 heterocycles. The quantitative estimate of drug-likeness (QED) is 0.908. The molecular formula is C18H27NO3. The van der Waals surface area contributed by atoms with Crippen molar-refractivity contribution in [1.82, 2.24) is 4.90 Å². The Hall–Kier alpha value is -1.55. The average Bonchev–Trinajstić information content (AvgIpc) is 2.87. The van der Waals surface area contributed by atoms with E-state index in [0.29, 0.717) is 6.54 Å². The summed E-state index contributed by atoms with van der Waals surface area (Å²) >= 11 is 0. The summed E-state index contributed by atoms with van der Waals surface area (Å²) in [5, 5.41) is 11.0. The summed E-state index contributed by atoms with van der Waals surface area (Å²) in [5.74, 6) is 0. The van der Waals surface area contributed by atoms with E-state index in [1.165, 1.54) is 0 Å². The highest BCUT2D eigenvalue weighted by Gasteiger charge is 2.43. The summed E-state index contributed by atoms with van der Waals surface area (Å²) in [7, 11) is 0. The largest absolute Gasteiger partial charge is 0.444 e. The lowest BCUT2D eigenvalue weighted by molar-refractivity contribution is -0.0370. The number of amides is 1. The van der Waals surface area contributed by atoms with Gasteiger partial charge in [0, 0.05) is 6.54 Å². The Morgan fingerprint density at radius 2 is 1.82 bits per heavy atom. The molecule has 1 fully saturated rings. The molecule has 1 aliphatic heterocycles. The number of benzene rings is 1. The van der Waals surface area contributed by atoms with E-state index in [1.54, 1.807) is 11.8 Å². The molecule has 1 aromatic rings. The van der Waals surface area contributed by atoms with Crippen LogP contribution < -0.4 is 0 Å². The fourth-order valence-electron chi connectivity index (χ4n) is 2.97. The first-order chi connectivity index (χ1) is 10.1. The zero-order chi connectivity index (χ0) is 16.5. The Morgan fingerprint density at radius 1 is 1.23 bits per heavy atom. The monoisotopic (exact) mass is 305 g/mol. The predicted octanol–water partition coefficient (Wildman–Crippen LogP) is 3.60. The lowest BCUT2D eigenvalue weighted by atomic mass is 9.86. The van der Waals surface area contributed by atoms with Crippen molar-refractivity contribution < 1.29 is 14.6 Å². The lowest BCUT2D eigenvalue weighted by Gasteiger charge is -2.37. The van der Waals surface area contributed by atoms with Crippen LogP contribution in [0.5, 0.6) is 0 Å². The fourth-order valence-corrected chi connectivity index (χ4v) is 2.97. The summed E-state index contributed by atoms with van der Waals surface area (Å²) in [6.45, 7) is 9.99. The van der Waals surface area contributed by atoms with Crippen molar-refractivity contribution in [2.24, 2.45) is 0 Å². The second-order valence-corrected chi connectivity index (χ2v) is 7.35. The number of carbonyl (C=O) groups is 1. The van der Waals surface area contributed by atoms with Gasteiger partial charge in [-0.05, 0) is 53.0 Å². The van der Waals surface area contributed by atoms with Crippen molar-refractivity contribution in [1.29, 1.82) is 0 Å². The highest BCUT2D eigenvalue weighted by Crippen LogP contribution is 2.35. The van der Waals surface area contributed by atoms with Gasteiger partial charge in [-0.3, -0.25) is 0 Å². The molecule has 0 radical (unpaired) electrons. The fraction of sp³-hybridized carbons (Fsp3) is 0.611. The highest BCUT2D eigenvalue weighted by atomic mass is 16.6. The van der Waals surface area contributed by atoms with Crippen LogP contribution in [0.1, 0.15) is 51.7 Å². The molecule has 2 atom stereocenters. The Morgan fingerprint density at radius 3 is 2.36 bits per heavy atom. The topological polar surface area (TPSA) is 49.8 Å². The van der Waals surface area contributed by atoms with Gasteiger partial charge in [-0.2, -0.15) is 0 Å². The van der Waals surface area contributed by atoms with E-state index in [2.05, 4.69) is 0 Å². The number of carbonyl (C=O) groups excluding carboxylic acids is 1. The van der Waals surface area contributed by atoms with Crippen molar-refractivity contribution >= 4 is 6.09 Å². The van der Waals surface area contributed by atoms with E-state index in [1.807, 2.05) is 52.0 Å². The Kier molecular flexibility index (Phi) is 4.52. The molecule has 1 amide bonds. The number of ether oxygens (including phenoxy) is 1. The van der Waals surface area contributed by atoms with Gasteiger partial charge in [0.05, 0.1) is 6.04 Å². The van der Waals surface area contributed by atoms with Crippen molar-refractivity contribution in [2.45, 2.75) is 64.7 Å². The van der Waals surface area contributed by atoms with E-state index in [-0.39, 0.29) is 12.1 Å². The first-order valence-electron chi connectivity index (χ1n) is 7.90. The van der Waals surface area contributed by atoms with Crippen molar-refractivity contribution in [3.05, 3.63) is 35.4 Å². The number of aliphatic hydroxyl groups is 1. The Bertz CT molecular complexity index is 528. The molecular weight excluding hydrogens is 278 g/mol. The molecule has 0 aliphatic carbocycles. The van der Waals surface area contributed by atoms with Gasteiger partial charge in [-0.25, -0.2) is 4.79 Å². The maximum absolute atomic E-state index is 12.4. The Labute approximate surface area is 133 Å². The summed E-state index contributed by atoms with van der Waals surface area (Å²) in [6.07, 6.45) is 1.31. The number of likely N-dealkylation sites (tertiary alicyclic amines) is 1. The zero-order valence-corrected chi connectivity index (χ0v) is 14.2. The van der Waals surface area contributed by atoms with E-state index in [4.69, 9.17) is 4.74 Å². The van der Waals surface area contributed by atoms with E-state index >= 15 is 0 Å². The number of nitrogens with zero attached hydrogens (tertiary/aromatic N) is 1. The van der Waals surface area contributed by atoms with Crippen LogP contribution in [0.4, 0.5) is 4.79 Å². The molecule has 22 heavy (non-hydrogen) atoms. The molecule has 2 rings (SSSR count). The third kappa shape index (κ3) is 3.61. The molecule has 0 spiro atoms. The SMILES string of the molecule is Cc1ccc([C@@](C)(O)[C@@H]2CCCN2C(=O)OC(C)(C)C)cc1. The van der Waals surface area contributed by atoms with E-state index in [0.717, 1.165) is 24.0 Å². The normalized spacial score (nSPS) is 21.5. The lowest BCUT2D eigenvalue weighted by Crippen LogP contribution is -2.49. The number of aryl methyl sites for hydroxylation is 1. The van der Waals surface area contributed by atoms with Gasteiger partial charge in [-0.15, -0.1) is 0 Å². The molecule has 122 valence electrons. The molecule has 4 nitrogen and oxygen atoms in total. The third-order valence-corrected chi connectivity index (χ3v) is 4.17. The summed E-state index contributed by atoms with van der Waals surface area (Å²) < 4.78 is 5.48. The number of rotatable bonds is 2. The maximum atomic E-state index is 12.4. The predicted molar refractivity (Wildman–Crippen MR) is 86.7 cm³/mol. The first kappa shape index (κ1) is 16.8. The van der Waals surface area contributed by atoms with Gasteiger partial charge in [0.2, 0.25) is 0 Å². The van der Waals surface area contributed by atoms with Gasteiger partial charge < -0.3 is 14.7 Å². The minimum absolute atomic E-state index is 0.259. The standard InChI is InChI=1S/C18H27NO3/c1-13-8-10-14(11-9-13)18(5,21)15-7-6-12-19(15)16(20)22-17(2,3)4/h8-11,15,21H,6-7,12H2,1-5H3/t15-,18+/m0/s1. The minimum Gasteiger partial charge on any atom is -0.444 e. The van der Waals surface area contributed by atoms with Gasteiger partial charge in [-0.1, -0.05) is 29.8 Å². The van der Waals surface area contributed by atoms with Crippen LogP contribution in [0, 0.1) is 6.92 Å². The molecule has 1 saturated heterocycles. The van der Waals surface area contributed by atoms with Crippen molar-refractivity contribution in [3.63, 3.8) is 0 Å². The highest BCUT2D eigenvalue weighted by molar-refractivity contribution is 5.69. The summed E-state index contributed by atoms with van der Waals surface area (Å²) in [6, 6.07) is 7.57. The average molecular weight is 305 g/mol. The molecule has 0 saturated carbocycles. The molecule has 0 aromatic heterocycles. The van der Waals surface area contributed by atoms with Gasteiger partial charge in [0.15, 0.2) is 0 Å². The van der Waals surface area contributed by atoms with E-state index in [9.17, 15) is 9.90 Å². The number of hydrogen-bond acceptors (Lipinski definition) is 3. The van der Waals surface area contributed by atoms with Crippen LogP contribution >= 0.6 is 0 Å². The minimum atomic E-state index is -1.08. The van der Waals surface area contributed by atoms with Gasteiger partial charge >= 0.3 is 6.09 Å². The van der Waals surface area contributed by atoms with Crippen LogP contribution in [-0.4, -0.2) is 34.3 Å². The van der Waals surface area contributed by atoms with Crippen LogP contribution in [0.3, 0.4) is 0 Å². The van der Waals surface area contributed by atoms with E-state index < -0.39 is 11.2 Å². The second kappa shape index (κ2) is 5.92. The van der Waals surface area contributed by atoms with Crippen LogP contribution in [0.15, 0.2) is 24.3 Å². The van der Waals surface area contributed by atoms with Crippen LogP contribution in [0.25, 0.3) is 0 Å². The van der Waals surface area contributed by atoms with Gasteiger partial charge in [0.25, 0.3) is 0 Å². The molecule has 1 N–H and O–H groups in total. The maximum Gasteiger partial charge on any atom is 0.410 e. The zero-order valence-electron chi connectivity index (χ0n) is 14.2. The Balaban J connectivity index is 2.22. The molecule has 1 aliphatic rings.